The van der Waals surface area contributed by atoms with Gasteiger partial charge in [-0.25, -0.2) is 8.78 Å². The van der Waals surface area contributed by atoms with E-state index in [2.05, 4.69) is 5.32 Å². The van der Waals surface area contributed by atoms with Gasteiger partial charge in [-0.05, 0) is 31.0 Å². The minimum atomic E-state index is -0.984. The first-order chi connectivity index (χ1) is 9.01. The van der Waals surface area contributed by atoms with Crippen LogP contribution in [0.1, 0.15) is 18.4 Å². The Hall–Kier alpha value is -1.53. The number of hydrogen-bond acceptors (Lipinski definition) is 3. The fourth-order valence-electron chi connectivity index (χ4n) is 1.99. The maximum absolute atomic E-state index is 13.4. The summed E-state index contributed by atoms with van der Waals surface area (Å²) in [5, 5.41) is 2.55. The Balaban J connectivity index is 1.98. The largest absolute Gasteiger partial charge is 0.381 e. The van der Waals surface area contributed by atoms with Crippen molar-refractivity contribution in [2.45, 2.75) is 24.9 Å². The van der Waals surface area contributed by atoms with Gasteiger partial charge in [-0.1, -0.05) is 0 Å². The van der Waals surface area contributed by atoms with E-state index in [-0.39, 0.29) is 18.0 Å². The monoisotopic (exact) mass is 270 g/mol. The van der Waals surface area contributed by atoms with Gasteiger partial charge in [0, 0.05) is 25.3 Å². The molecule has 1 aliphatic heterocycles. The Morgan fingerprint density at radius 2 is 2.05 bits per heavy atom. The zero-order chi connectivity index (χ0) is 13.9. The molecule has 1 fully saturated rings. The summed E-state index contributed by atoms with van der Waals surface area (Å²) in [6, 6.07) is 3.12. The first-order valence-corrected chi connectivity index (χ1v) is 6.10. The zero-order valence-corrected chi connectivity index (χ0v) is 10.4. The summed E-state index contributed by atoms with van der Waals surface area (Å²) in [4.78, 5) is 12.0. The molecule has 1 aliphatic rings. The highest BCUT2D eigenvalue weighted by Crippen LogP contribution is 2.18. The van der Waals surface area contributed by atoms with E-state index in [0.29, 0.717) is 26.1 Å². The minimum Gasteiger partial charge on any atom is -0.381 e. The van der Waals surface area contributed by atoms with Crippen LogP contribution in [0.5, 0.6) is 0 Å². The Labute approximate surface area is 109 Å². The molecule has 1 aromatic rings. The van der Waals surface area contributed by atoms with Crippen molar-refractivity contribution in [2.24, 2.45) is 5.73 Å². The number of hydrogen-bond donors (Lipinski definition) is 2. The number of nitrogens with two attached hydrogens (primary N) is 1. The SMILES string of the molecule is NC1(C(=O)NCc2cc(F)ccc2F)CCOCC1. The number of amides is 1. The van der Waals surface area contributed by atoms with Crippen LogP contribution in [-0.2, 0) is 16.1 Å². The van der Waals surface area contributed by atoms with Crippen molar-refractivity contribution in [3.63, 3.8) is 0 Å². The molecule has 4 nitrogen and oxygen atoms in total. The highest BCUT2D eigenvalue weighted by molar-refractivity contribution is 5.86. The van der Waals surface area contributed by atoms with Crippen LogP contribution >= 0.6 is 0 Å². The molecule has 0 radical (unpaired) electrons. The smallest absolute Gasteiger partial charge is 0.240 e. The minimum absolute atomic E-state index is 0.0811. The van der Waals surface area contributed by atoms with Crippen molar-refractivity contribution < 1.29 is 18.3 Å². The Bertz CT molecular complexity index is 474. The lowest BCUT2D eigenvalue weighted by molar-refractivity contribution is -0.129. The summed E-state index contributed by atoms with van der Waals surface area (Å²) in [5.41, 5.74) is 5.09. The Morgan fingerprint density at radius 3 is 2.74 bits per heavy atom. The molecular weight excluding hydrogens is 254 g/mol. The highest BCUT2D eigenvalue weighted by atomic mass is 19.1. The molecule has 1 amide bonds. The zero-order valence-electron chi connectivity index (χ0n) is 10.4. The van der Waals surface area contributed by atoms with Crippen molar-refractivity contribution in [2.75, 3.05) is 13.2 Å². The van der Waals surface area contributed by atoms with E-state index in [4.69, 9.17) is 10.5 Å². The van der Waals surface area contributed by atoms with Gasteiger partial charge >= 0.3 is 0 Å². The van der Waals surface area contributed by atoms with Gasteiger partial charge in [0.25, 0.3) is 0 Å². The fraction of sp³-hybridized carbons (Fsp3) is 0.462. The van der Waals surface area contributed by atoms with Gasteiger partial charge in [0.05, 0.1) is 5.54 Å². The van der Waals surface area contributed by atoms with Gasteiger partial charge in [-0.2, -0.15) is 0 Å². The topological polar surface area (TPSA) is 64.4 Å². The Kier molecular flexibility index (Phi) is 4.11. The maximum atomic E-state index is 13.4. The second-order valence-electron chi connectivity index (χ2n) is 4.69. The summed E-state index contributed by atoms with van der Waals surface area (Å²) in [6.07, 6.45) is 0.842. The molecule has 0 aromatic heterocycles. The molecule has 1 saturated heterocycles. The van der Waals surface area contributed by atoms with Crippen molar-refractivity contribution in [1.29, 1.82) is 0 Å². The van der Waals surface area contributed by atoms with Gasteiger partial charge in [-0.3, -0.25) is 4.79 Å². The molecule has 104 valence electrons. The molecule has 19 heavy (non-hydrogen) atoms. The summed E-state index contributed by atoms with van der Waals surface area (Å²) < 4.78 is 31.5. The third-order valence-electron chi connectivity index (χ3n) is 3.28. The lowest BCUT2D eigenvalue weighted by atomic mass is 9.90. The van der Waals surface area contributed by atoms with Gasteiger partial charge in [0.15, 0.2) is 0 Å². The van der Waals surface area contributed by atoms with E-state index in [1.807, 2.05) is 0 Å². The van der Waals surface area contributed by atoms with Crippen LogP contribution in [0.2, 0.25) is 0 Å². The number of benzene rings is 1. The molecule has 1 aromatic carbocycles. The summed E-state index contributed by atoms with van der Waals surface area (Å²) >= 11 is 0. The molecule has 2 rings (SSSR count). The number of rotatable bonds is 3. The number of ether oxygens (including phenoxy) is 1. The van der Waals surface area contributed by atoms with Crippen LogP contribution in [0.15, 0.2) is 18.2 Å². The van der Waals surface area contributed by atoms with Gasteiger partial charge in [-0.15, -0.1) is 0 Å². The molecule has 0 aliphatic carbocycles. The van der Waals surface area contributed by atoms with Crippen LogP contribution in [0, 0.1) is 11.6 Å². The fourth-order valence-corrected chi connectivity index (χ4v) is 1.99. The molecule has 0 bridgehead atoms. The van der Waals surface area contributed by atoms with Gasteiger partial charge < -0.3 is 15.8 Å². The molecule has 6 heteroatoms. The quantitative estimate of drug-likeness (QED) is 0.864. The normalized spacial score (nSPS) is 18.1. The van der Waals surface area contributed by atoms with E-state index >= 15 is 0 Å². The molecule has 3 N–H and O–H groups in total. The van der Waals surface area contributed by atoms with Crippen LogP contribution < -0.4 is 11.1 Å². The molecule has 0 atom stereocenters. The molecule has 0 saturated carbocycles. The maximum Gasteiger partial charge on any atom is 0.240 e. The first kappa shape index (κ1) is 13.9. The number of carbonyl (C=O) groups excluding carboxylic acids is 1. The third-order valence-corrected chi connectivity index (χ3v) is 3.28. The van der Waals surface area contributed by atoms with E-state index in [1.54, 1.807) is 0 Å². The average Bonchev–Trinajstić information content (AvgIpc) is 2.40. The van der Waals surface area contributed by atoms with Gasteiger partial charge in [0.1, 0.15) is 11.6 Å². The van der Waals surface area contributed by atoms with Gasteiger partial charge in [0.2, 0.25) is 5.91 Å². The third kappa shape index (κ3) is 3.27. The van der Waals surface area contributed by atoms with Crippen LogP contribution in [-0.4, -0.2) is 24.7 Å². The number of halogens is 2. The van der Waals surface area contributed by atoms with E-state index in [1.165, 1.54) is 0 Å². The first-order valence-electron chi connectivity index (χ1n) is 6.10. The molecule has 1 heterocycles. The van der Waals surface area contributed by atoms with Crippen molar-refractivity contribution in [3.8, 4) is 0 Å². The van der Waals surface area contributed by atoms with E-state index in [9.17, 15) is 13.6 Å². The van der Waals surface area contributed by atoms with Crippen LogP contribution in [0.25, 0.3) is 0 Å². The molecule has 0 spiro atoms. The Morgan fingerprint density at radius 1 is 1.37 bits per heavy atom. The molecular formula is C13H16F2N2O2. The lowest BCUT2D eigenvalue weighted by Gasteiger charge is -2.31. The average molecular weight is 270 g/mol. The lowest BCUT2D eigenvalue weighted by Crippen LogP contribution is -2.56. The van der Waals surface area contributed by atoms with E-state index < -0.39 is 17.2 Å². The summed E-state index contributed by atoms with van der Waals surface area (Å²) in [5.74, 6) is -1.46. The number of nitrogens with one attached hydrogen (secondary N) is 1. The van der Waals surface area contributed by atoms with Crippen molar-refractivity contribution in [1.82, 2.24) is 5.32 Å². The number of carbonyl (C=O) groups is 1. The predicted octanol–water partition coefficient (Wildman–Crippen LogP) is 1.09. The van der Waals surface area contributed by atoms with Crippen molar-refractivity contribution >= 4 is 5.91 Å². The molecule has 0 unspecified atom stereocenters. The second kappa shape index (κ2) is 5.63. The standard InChI is InChI=1S/C13H16F2N2O2/c14-10-1-2-11(15)9(7-10)8-17-12(18)13(16)3-5-19-6-4-13/h1-2,7H,3-6,8,16H2,(H,17,18). The summed E-state index contributed by atoms with van der Waals surface area (Å²) in [6.45, 7) is 0.777. The van der Waals surface area contributed by atoms with Crippen LogP contribution in [0.4, 0.5) is 8.78 Å². The van der Waals surface area contributed by atoms with Crippen molar-refractivity contribution in [3.05, 3.63) is 35.4 Å². The highest BCUT2D eigenvalue weighted by Gasteiger charge is 2.35. The van der Waals surface area contributed by atoms with E-state index in [0.717, 1.165) is 18.2 Å². The predicted molar refractivity (Wildman–Crippen MR) is 65.2 cm³/mol. The second-order valence-corrected chi connectivity index (χ2v) is 4.69. The summed E-state index contributed by atoms with van der Waals surface area (Å²) in [7, 11) is 0. The van der Waals surface area contributed by atoms with Crippen LogP contribution in [0.3, 0.4) is 0 Å².